The molecule has 0 bridgehead atoms. The fourth-order valence-electron chi connectivity index (χ4n) is 2.06. The summed E-state index contributed by atoms with van der Waals surface area (Å²) in [7, 11) is 0. The second-order valence-corrected chi connectivity index (χ2v) is 6.25. The van der Waals surface area contributed by atoms with E-state index >= 15 is 0 Å². The lowest BCUT2D eigenvalue weighted by atomic mass is 10.2. The first kappa shape index (κ1) is 14.1. The number of nitrogen functional groups attached to an aromatic ring is 1. The Morgan fingerprint density at radius 2 is 2.42 bits per heavy atom. The van der Waals surface area contributed by atoms with Crippen LogP contribution in [0, 0.1) is 5.82 Å². The van der Waals surface area contributed by atoms with E-state index in [1.165, 1.54) is 18.2 Å². The molecule has 1 atom stereocenters. The summed E-state index contributed by atoms with van der Waals surface area (Å²) in [4.78, 5) is 14.0. The number of carbonyl (C=O) groups excluding carboxylic acids is 1. The molecule has 3 N–H and O–H groups in total. The highest BCUT2D eigenvalue weighted by Gasteiger charge is 2.18. The van der Waals surface area contributed by atoms with E-state index in [-0.39, 0.29) is 11.6 Å². The van der Waals surface area contributed by atoms with Crippen LogP contribution in [0.15, 0.2) is 18.2 Å². The fourth-order valence-corrected chi connectivity index (χ4v) is 3.14. The van der Waals surface area contributed by atoms with Crippen LogP contribution < -0.4 is 11.1 Å². The van der Waals surface area contributed by atoms with Crippen molar-refractivity contribution in [3.05, 3.63) is 24.0 Å². The molecule has 6 heteroatoms. The predicted molar refractivity (Wildman–Crippen MR) is 77.8 cm³/mol. The quantitative estimate of drug-likeness (QED) is 0.830. The molecule has 0 saturated carbocycles. The standard InChI is InChI=1S/C13H18FN3OS/c1-9-7-17(4-5-19-9)8-13(18)16-10-2-3-11(14)12(15)6-10/h2-3,6,9H,4-5,7-8,15H2,1H3,(H,16,18). The highest BCUT2D eigenvalue weighted by molar-refractivity contribution is 7.99. The van der Waals surface area contributed by atoms with Crippen molar-refractivity contribution in [1.82, 2.24) is 4.90 Å². The van der Waals surface area contributed by atoms with Crippen molar-refractivity contribution in [2.75, 3.05) is 36.4 Å². The van der Waals surface area contributed by atoms with Gasteiger partial charge < -0.3 is 11.1 Å². The normalized spacial score (nSPS) is 20.2. The van der Waals surface area contributed by atoms with Gasteiger partial charge in [0.25, 0.3) is 0 Å². The lowest BCUT2D eigenvalue weighted by molar-refractivity contribution is -0.117. The molecule has 1 aliphatic rings. The minimum Gasteiger partial charge on any atom is -0.396 e. The zero-order valence-corrected chi connectivity index (χ0v) is 11.7. The van der Waals surface area contributed by atoms with E-state index in [9.17, 15) is 9.18 Å². The molecule has 104 valence electrons. The van der Waals surface area contributed by atoms with E-state index < -0.39 is 5.82 Å². The minimum absolute atomic E-state index is 0.0424. The van der Waals surface area contributed by atoms with Crippen molar-refractivity contribution in [2.45, 2.75) is 12.2 Å². The maximum Gasteiger partial charge on any atom is 0.238 e. The number of rotatable bonds is 3. The Morgan fingerprint density at radius 3 is 3.11 bits per heavy atom. The lowest BCUT2D eigenvalue weighted by Gasteiger charge is -2.29. The van der Waals surface area contributed by atoms with E-state index in [4.69, 9.17) is 5.73 Å². The van der Waals surface area contributed by atoms with Gasteiger partial charge in [-0.05, 0) is 18.2 Å². The van der Waals surface area contributed by atoms with Gasteiger partial charge in [0.2, 0.25) is 5.91 Å². The van der Waals surface area contributed by atoms with Crippen LogP contribution in [0.4, 0.5) is 15.8 Å². The van der Waals surface area contributed by atoms with Gasteiger partial charge in [0, 0.05) is 29.8 Å². The summed E-state index contributed by atoms with van der Waals surface area (Å²) in [5.74, 6) is 0.489. The van der Waals surface area contributed by atoms with E-state index in [0.29, 0.717) is 17.5 Å². The maximum absolute atomic E-state index is 13.0. The van der Waals surface area contributed by atoms with Crippen molar-refractivity contribution in [3.8, 4) is 0 Å². The molecule has 1 aromatic carbocycles. The molecular weight excluding hydrogens is 265 g/mol. The Hall–Kier alpha value is -1.27. The maximum atomic E-state index is 13.0. The molecule has 19 heavy (non-hydrogen) atoms. The molecule has 1 unspecified atom stereocenters. The molecule has 1 saturated heterocycles. The van der Waals surface area contributed by atoms with Gasteiger partial charge in [0.05, 0.1) is 12.2 Å². The van der Waals surface area contributed by atoms with Crippen molar-refractivity contribution < 1.29 is 9.18 Å². The Kier molecular flexibility index (Phi) is 4.66. The van der Waals surface area contributed by atoms with Gasteiger partial charge in [-0.15, -0.1) is 0 Å². The van der Waals surface area contributed by atoms with Crippen molar-refractivity contribution in [3.63, 3.8) is 0 Å². The highest BCUT2D eigenvalue weighted by atomic mass is 32.2. The molecule has 1 fully saturated rings. The van der Waals surface area contributed by atoms with Crippen LogP contribution in [0.3, 0.4) is 0 Å². The van der Waals surface area contributed by atoms with Crippen LogP contribution in [-0.2, 0) is 4.79 Å². The number of nitrogens with one attached hydrogen (secondary N) is 1. The molecule has 0 aliphatic carbocycles. The molecular formula is C13H18FN3OS. The third-order valence-electron chi connectivity index (χ3n) is 2.97. The Balaban J connectivity index is 1.88. The van der Waals surface area contributed by atoms with Gasteiger partial charge in [-0.2, -0.15) is 11.8 Å². The SMILES string of the molecule is CC1CN(CC(=O)Nc2ccc(F)c(N)c2)CCS1. The summed E-state index contributed by atoms with van der Waals surface area (Å²) in [5.41, 5.74) is 6.03. The number of nitrogens with zero attached hydrogens (tertiary/aromatic N) is 1. The van der Waals surface area contributed by atoms with E-state index in [0.717, 1.165) is 18.8 Å². The van der Waals surface area contributed by atoms with Crippen molar-refractivity contribution in [2.24, 2.45) is 0 Å². The first-order valence-electron chi connectivity index (χ1n) is 6.23. The Morgan fingerprint density at radius 1 is 1.63 bits per heavy atom. The van der Waals surface area contributed by atoms with Gasteiger partial charge in [0.1, 0.15) is 5.82 Å². The average molecular weight is 283 g/mol. The largest absolute Gasteiger partial charge is 0.396 e. The fraction of sp³-hybridized carbons (Fsp3) is 0.462. The summed E-state index contributed by atoms with van der Waals surface area (Å²) in [5, 5.41) is 3.30. The molecule has 2 rings (SSSR count). The summed E-state index contributed by atoms with van der Waals surface area (Å²) < 4.78 is 13.0. The van der Waals surface area contributed by atoms with E-state index in [1.54, 1.807) is 0 Å². The van der Waals surface area contributed by atoms with Crippen LogP contribution in [0.5, 0.6) is 0 Å². The smallest absolute Gasteiger partial charge is 0.238 e. The van der Waals surface area contributed by atoms with Crippen LogP contribution in [-0.4, -0.2) is 41.4 Å². The van der Waals surface area contributed by atoms with E-state index in [1.807, 2.05) is 11.8 Å². The number of nitrogens with two attached hydrogens (primary N) is 1. The number of benzene rings is 1. The number of thioether (sulfide) groups is 1. The van der Waals surface area contributed by atoms with Gasteiger partial charge in [-0.25, -0.2) is 4.39 Å². The molecule has 0 spiro atoms. The Bertz CT molecular complexity index is 469. The van der Waals surface area contributed by atoms with E-state index in [2.05, 4.69) is 17.1 Å². The highest BCUT2D eigenvalue weighted by Crippen LogP contribution is 2.18. The molecule has 0 radical (unpaired) electrons. The molecule has 0 aromatic heterocycles. The van der Waals surface area contributed by atoms with Crippen LogP contribution >= 0.6 is 11.8 Å². The third-order valence-corrected chi connectivity index (χ3v) is 4.11. The van der Waals surface area contributed by atoms with Crippen LogP contribution in [0.1, 0.15) is 6.92 Å². The van der Waals surface area contributed by atoms with Crippen LogP contribution in [0.25, 0.3) is 0 Å². The Labute approximate surface area is 116 Å². The number of hydrogen-bond acceptors (Lipinski definition) is 4. The second kappa shape index (κ2) is 6.25. The number of anilines is 2. The van der Waals surface area contributed by atoms with Gasteiger partial charge >= 0.3 is 0 Å². The summed E-state index contributed by atoms with van der Waals surface area (Å²) in [6, 6.07) is 4.20. The second-order valence-electron chi connectivity index (χ2n) is 4.70. The summed E-state index contributed by atoms with van der Waals surface area (Å²) in [6.07, 6.45) is 0. The molecule has 4 nitrogen and oxygen atoms in total. The van der Waals surface area contributed by atoms with Crippen molar-refractivity contribution in [1.29, 1.82) is 0 Å². The number of halogens is 1. The predicted octanol–water partition coefficient (Wildman–Crippen LogP) is 1.78. The summed E-state index contributed by atoms with van der Waals surface area (Å²) in [6.45, 7) is 4.37. The molecule has 1 aliphatic heterocycles. The van der Waals surface area contributed by atoms with Crippen molar-refractivity contribution >= 4 is 29.0 Å². The lowest BCUT2D eigenvalue weighted by Crippen LogP contribution is -2.41. The minimum atomic E-state index is -0.472. The first-order chi connectivity index (χ1) is 9.04. The number of carbonyl (C=O) groups is 1. The van der Waals surface area contributed by atoms with Gasteiger partial charge in [0.15, 0.2) is 0 Å². The zero-order valence-electron chi connectivity index (χ0n) is 10.9. The zero-order chi connectivity index (χ0) is 13.8. The van der Waals surface area contributed by atoms with Gasteiger partial charge in [-0.1, -0.05) is 6.92 Å². The van der Waals surface area contributed by atoms with Crippen LogP contribution in [0.2, 0.25) is 0 Å². The third kappa shape index (κ3) is 4.11. The summed E-state index contributed by atoms with van der Waals surface area (Å²) >= 11 is 1.92. The topological polar surface area (TPSA) is 58.4 Å². The monoisotopic (exact) mass is 283 g/mol. The number of hydrogen-bond donors (Lipinski definition) is 2. The molecule has 1 amide bonds. The first-order valence-corrected chi connectivity index (χ1v) is 7.28. The average Bonchev–Trinajstić information content (AvgIpc) is 2.34. The molecule has 1 heterocycles. The number of amides is 1. The van der Waals surface area contributed by atoms with Gasteiger partial charge in [-0.3, -0.25) is 9.69 Å². The molecule has 1 aromatic rings.